The highest BCUT2D eigenvalue weighted by atomic mass is 16.5. The van der Waals surface area contributed by atoms with Crippen molar-refractivity contribution in [3.05, 3.63) is 23.8 Å². The van der Waals surface area contributed by atoms with Crippen molar-refractivity contribution in [2.45, 2.75) is 44.6 Å². The molecule has 1 aromatic rings. The Hall–Kier alpha value is -1.55. The number of rotatable bonds is 2. The van der Waals surface area contributed by atoms with Crippen molar-refractivity contribution in [3.63, 3.8) is 0 Å². The Kier molecular flexibility index (Phi) is 4.15. The first kappa shape index (κ1) is 14.4. The van der Waals surface area contributed by atoms with Crippen molar-refractivity contribution < 1.29 is 9.53 Å². The highest BCUT2D eigenvalue weighted by Gasteiger charge is 2.32. The number of anilines is 1. The summed E-state index contributed by atoms with van der Waals surface area (Å²) in [6.07, 6.45) is 5.80. The minimum absolute atomic E-state index is 0.126. The van der Waals surface area contributed by atoms with Crippen molar-refractivity contribution in [1.82, 2.24) is 0 Å². The van der Waals surface area contributed by atoms with Crippen molar-refractivity contribution in [3.8, 4) is 5.75 Å². The Labute approximate surface area is 126 Å². The Morgan fingerprint density at radius 3 is 2.76 bits per heavy atom. The molecule has 0 radical (unpaired) electrons. The molecule has 3 rings (SSSR count). The molecule has 4 heteroatoms. The highest BCUT2D eigenvalue weighted by Crippen LogP contribution is 2.38. The second kappa shape index (κ2) is 6.06. The van der Waals surface area contributed by atoms with Gasteiger partial charge in [-0.15, -0.1) is 0 Å². The molecule has 21 heavy (non-hydrogen) atoms. The first-order valence-electron chi connectivity index (χ1n) is 7.93. The average Bonchev–Trinajstić information content (AvgIpc) is 2.53. The van der Waals surface area contributed by atoms with E-state index in [0.29, 0.717) is 0 Å². The van der Waals surface area contributed by atoms with E-state index in [9.17, 15) is 4.79 Å². The van der Waals surface area contributed by atoms with Crippen molar-refractivity contribution >= 4 is 11.6 Å². The molecule has 0 spiro atoms. The highest BCUT2D eigenvalue weighted by molar-refractivity contribution is 5.97. The number of aryl methyl sites for hydroxylation is 1. The predicted molar refractivity (Wildman–Crippen MR) is 83.6 cm³/mol. The Morgan fingerprint density at radius 2 is 2.05 bits per heavy atom. The van der Waals surface area contributed by atoms with Crippen LogP contribution in [0.2, 0.25) is 0 Å². The largest absolute Gasteiger partial charge is 0.495 e. The monoisotopic (exact) mass is 288 g/mol. The lowest BCUT2D eigenvalue weighted by Gasteiger charge is -2.35. The number of fused-ring (bicyclic) bond motifs is 1. The van der Waals surface area contributed by atoms with Gasteiger partial charge in [-0.2, -0.15) is 0 Å². The lowest BCUT2D eigenvalue weighted by atomic mass is 9.85. The van der Waals surface area contributed by atoms with Gasteiger partial charge in [0.2, 0.25) is 5.91 Å². The quantitative estimate of drug-likeness (QED) is 0.909. The zero-order chi connectivity index (χ0) is 14.8. The maximum atomic E-state index is 12.9. The Balaban J connectivity index is 1.86. The molecule has 1 heterocycles. The van der Waals surface area contributed by atoms with Gasteiger partial charge in [0.05, 0.1) is 12.8 Å². The van der Waals surface area contributed by atoms with Crippen LogP contribution in [0.5, 0.6) is 5.75 Å². The number of nitrogens with zero attached hydrogens (tertiary/aromatic N) is 1. The molecule has 1 fully saturated rings. The van der Waals surface area contributed by atoms with Gasteiger partial charge < -0.3 is 15.4 Å². The van der Waals surface area contributed by atoms with Crippen LogP contribution in [0.4, 0.5) is 5.69 Å². The second-order valence-electron chi connectivity index (χ2n) is 6.17. The number of carbonyl (C=O) groups excluding carboxylic acids is 1. The zero-order valence-corrected chi connectivity index (χ0v) is 12.7. The number of nitrogens with two attached hydrogens (primary N) is 1. The number of carbonyl (C=O) groups is 1. The second-order valence-corrected chi connectivity index (χ2v) is 6.17. The molecule has 0 saturated heterocycles. The maximum Gasteiger partial charge on any atom is 0.230 e. The van der Waals surface area contributed by atoms with E-state index in [-0.39, 0.29) is 17.9 Å². The van der Waals surface area contributed by atoms with E-state index in [1.807, 2.05) is 17.0 Å². The van der Waals surface area contributed by atoms with Crippen LogP contribution in [0.15, 0.2) is 18.2 Å². The number of para-hydroxylation sites is 1. The molecule has 1 aromatic carbocycles. The van der Waals surface area contributed by atoms with Gasteiger partial charge in [-0.05, 0) is 50.2 Å². The number of methoxy groups -OCH3 is 1. The lowest BCUT2D eigenvalue weighted by Crippen LogP contribution is -2.42. The van der Waals surface area contributed by atoms with Crippen molar-refractivity contribution in [1.29, 1.82) is 0 Å². The number of amides is 1. The minimum Gasteiger partial charge on any atom is -0.495 e. The summed E-state index contributed by atoms with van der Waals surface area (Å²) in [5, 5.41) is 0. The smallest absolute Gasteiger partial charge is 0.230 e. The van der Waals surface area contributed by atoms with E-state index in [2.05, 4.69) is 6.07 Å². The number of hydrogen-bond donors (Lipinski definition) is 1. The molecule has 4 nitrogen and oxygen atoms in total. The topological polar surface area (TPSA) is 55.6 Å². The molecule has 1 saturated carbocycles. The van der Waals surface area contributed by atoms with E-state index >= 15 is 0 Å². The molecule has 1 aliphatic heterocycles. The third-order valence-corrected chi connectivity index (χ3v) is 4.79. The first-order valence-corrected chi connectivity index (χ1v) is 7.93. The van der Waals surface area contributed by atoms with Crippen LogP contribution in [0.1, 0.15) is 37.7 Å². The third-order valence-electron chi connectivity index (χ3n) is 4.79. The van der Waals surface area contributed by atoms with Gasteiger partial charge in [0.1, 0.15) is 5.75 Å². The number of ether oxygens (including phenoxy) is 1. The molecule has 2 aliphatic rings. The molecule has 2 N–H and O–H groups in total. The molecule has 1 amide bonds. The van der Waals surface area contributed by atoms with Crippen LogP contribution in [0.3, 0.4) is 0 Å². The Morgan fingerprint density at radius 1 is 1.29 bits per heavy atom. The van der Waals surface area contributed by atoms with Gasteiger partial charge in [-0.3, -0.25) is 4.79 Å². The molecular formula is C17H24N2O2. The van der Waals surface area contributed by atoms with Crippen LogP contribution < -0.4 is 15.4 Å². The van der Waals surface area contributed by atoms with Crippen LogP contribution in [0.25, 0.3) is 0 Å². The van der Waals surface area contributed by atoms with Gasteiger partial charge in [0.15, 0.2) is 0 Å². The summed E-state index contributed by atoms with van der Waals surface area (Å²) in [6.45, 7) is 0.800. The molecular weight excluding hydrogens is 264 g/mol. The van der Waals surface area contributed by atoms with E-state index in [4.69, 9.17) is 10.5 Å². The molecule has 0 atom stereocenters. The summed E-state index contributed by atoms with van der Waals surface area (Å²) in [4.78, 5) is 14.9. The fraction of sp³-hybridized carbons (Fsp3) is 0.588. The molecule has 1 aliphatic carbocycles. The van der Waals surface area contributed by atoms with Crippen LogP contribution in [-0.2, 0) is 11.2 Å². The van der Waals surface area contributed by atoms with Gasteiger partial charge >= 0.3 is 0 Å². The summed E-state index contributed by atoms with van der Waals surface area (Å²) in [7, 11) is 1.67. The van der Waals surface area contributed by atoms with Gasteiger partial charge in [-0.1, -0.05) is 12.1 Å². The normalized spacial score (nSPS) is 25.3. The third kappa shape index (κ3) is 2.77. The van der Waals surface area contributed by atoms with E-state index in [1.165, 1.54) is 5.56 Å². The number of benzene rings is 1. The summed E-state index contributed by atoms with van der Waals surface area (Å²) in [5.41, 5.74) is 8.17. The Bertz CT molecular complexity index is 507. The predicted octanol–water partition coefficient (Wildman–Crippen LogP) is 2.49. The van der Waals surface area contributed by atoms with E-state index < -0.39 is 0 Å². The van der Waals surface area contributed by atoms with Gasteiger partial charge in [-0.25, -0.2) is 0 Å². The summed E-state index contributed by atoms with van der Waals surface area (Å²) in [6, 6.07) is 6.33. The lowest BCUT2D eigenvalue weighted by molar-refractivity contribution is -0.123. The fourth-order valence-corrected chi connectivity index (χ4v) is 3.59. The van der Waals surface area contributed by atoms with Crippen molar-refractivity contribution in [2.24, 2.45) is 11.7 Å². The van der Waals surface area contributed by atoms with Crippen molar-refractivity contribution in [2.75, 3.05) is 18.6 Å². The average molecular weight is 288 g/mol. The standard InChI is InChI=1S/C17H24N2O2/c1-21-15-6-2-4-12-5-3-11-19(16(12)15)17(20)13-7-9-14(18)10-8-13/h2,4,6,13-14H,3,5,7-11,18H2,1H3. The summed E-state index contributed by atoms with van der Waals surface area (Å²) >= 11 is 0. The van der Waals surface area contributed by atoms with Gasteiger partial charge in [0, 0.05) is 18.5 Å². The molecule has 114 valence electrons. The van der Waals surface area contributed by atoms with Crippen LogP contribution in [-0.4, -0.2) is 25.6 Å². The van der Waals surface area contributed by atoms with Gasteiger partial charge in [0.25, 0.3) is 0 Å². The fourth-order valence-electron chi connectivity index (χ4n) is 3.59. The SMILES string of the molecule is COc1cccc2c1N(C(=O)C1CCC(N)CC1)CCC2. The summed E-state index contributed by atoms with van der Waals surface area (Å²) in [5.74, 6) is 1.20. The van der Waals surface area contributed by atoms with E-state index in [0.717, 1.165) is 56.5 Å². The molecule has 0 unspecified atom stereocenters. The number of hydrogen-bond acceptors (Lipinski definition) is 3. The first-order chi connectivity index (χ1) is 10.2. The maximum absolute atomic E-state index is 12.9. The molecule has 0 aromatic heterocycles. The zero-order valence-electron chi connectivity index (χ0n) is 12.7. The summed E-state index contributed by atoms with van der Waals surface area (Å²) < 4.78 is 5.48. The van der Waals surface area contributed by atoms with Crippen LogP contribution in [0, 0.1) is 5.92 Å². The van der Waals surface area contributed by atoms with Crippen LogP contribution >= 0.6 is 0 Å². The van der Waals surface area contributed by atoms with E-state index in [1.54, 1.807) is 7.11 Å². The minimum atomic E-state index is 0.126. The molecule has 0 bridgehead atoms.